The molecule has 1 saturated carbocycles. The number of alkyl halides is 3. The Morgan fingerprint density at radius 1 is 1.37 bits per heavy atom. The van der Waals surface area contributed by atoms with Crippen molar-refractivity contribution in [3.05, 3.63) is 29.3 Å². The highest BCUT2D eigenvalue weighted by Gasteiger charge is 2.34. The molecule has 0 aliphatic heterocycles. The molecule has 104 valence electrons. The maximum Gasteiger partial charge on any atom is 0.417 e. The summed E-state index contributed by atoms with van der Waals surface area (Å²) >= 11 is 0. The van der Waals surface area contributed by atoms with Crippen LogP contribution in [0.15, 0.2) is 18.2 Å². The topological polar surface area (TPSA) is 20.3 Å². The zero-order valence-corrected chi connectivity index (χ0v) is 10.7. The smallest absolute Gasteiger partial charge is 0.374 e. The van der Waals surface area contributed by atoms with Gasteiger partial charge in [-0.25, -0.2) is 0 Å². The molecule has 1 fully saturated rings. The van der Waals surface area contributed by atoms with Gasteiger partial charge in [0.05, 0.1) is 5.56 Å². The molecule has 1 aromatic carbocycles. The Morgan fingerprint density at radius 2 is 2.05 bits per heavy atom. The zero-order chi connectivity index (χ0) is 14.0. The lowest BCUT2D eigenvalue weighted by atomic mass is 9.85. The zero-order valence-electron chi connectivity index (χ0n) is 10.7. The number of hydrogen-bond donors (Lipinski definition) is 0. The van der Waals surface area contributed by atoms with Crippen LogP contribution in [-0.4, -0.2) is 19.9 Å². The molecule has 0 spiro atoms. The Morgan fingerprint density at radius 3 is 2.53 bits per heavy atom. The molecule has 0 radical (unpaired) electrons. The quantitative estimate of drug-likeness (QED) is 0.777. The number of rotatable bonds is 4. The summed E-state index contributed by atoms with van der Waals surface area (Å²) in [6.07, 6.45) is -0.760. The highest BCUT2D eigenvalue weighted by Crippen LogP contribution is 2.35. The Balaban J connectivity index is 2.23. The first-order valence-corrected chi connectivity index (χ1v) is 6.29. The molecule has 1 aliphatic rings. The summed E-state index contributed by atoms with van der Waals surface area (Å²) < 4.78 is 38.5. The fourth-order valence-corrected chi connectivity index (χ4v) is 2.30. The van der Waals surface area contributed by atoms with Crippen molar-refractivity contribution in [2.75, 3.05) is 18.5 Å². The van der Waals surface area contributed by atoms with E-state index in [1.54, 1.807) is 13.1 Å². The van der Waals surface area contributed by atoms with E-state index in [9.17, 15) is 18.0 Å². The summed E-state index contributed by atoms with van der Waals surface area (Å²) in [5.74, 6) is 0.574. The highest BCUT2D eigenvalue weighted by atomic mass is 19.4. The predicted octanol–water partition coefficient (Wildman–Crippen LogP) is 3.75. The molecule has 0 unspecified atom stereocenters. The second kappa shape index (κ2) is 5.23. The lowest BCUT2D eigenvalue weighted by molar-refractivity contribution is -0.137. The van der Waals surface area contributed by atoms with Gasteiger partial charge in [-0.15, -0.1) is 0 Å². The van der Waals surface area contributed by atoms with Crippen LogP contribution in [0.1, 0.15) is 35.2 Å². The molecule has 1 aliphatic carbocycles. The summed E-state index contributed by atoms with van der Waals surface area (Å²) in [7, 11) is 1.79. The van der Waals surface area contributed by atoms with Gasteiger partial charge in [0.2, 0.25) is 0 Å². The summed E-state index contributed by atoms with van der Waals surface area (Å²) in [5, 5.41) is 0. The van der Waals surface area contributed by atoms with Crippen LogP contribution in [0.5, 0.6) is 0 Å². The van der Waals surface area contributed by atoms with Crippen LogP contribution >= 0.6 is 0 Å². The van der Waals surface area contributed by atoms with Crippen LogP contribution in [0.2, 0.25) is 0 Å². The molecular formula is C14H16F3NO. The van der Waals surface area contributed by atoms with Crippen molar-refractivity contribution in [2.24, 2.45) is 5.92 Å². The molecular weight excluding hydrogens is 255 g/mol. The number of aldehydes is 1. The molecule has 0 heterocycles. The van der Waals surface area contributed by atoms with Crippen molar-refractivity contribution < 1.29 is 18.0 Å². The number of hydrogen-bond acceptors (Lipinski definition) is 2. The van der Waals surface area contributed by atoms with E-state index in [-0.39, 0.29) is 11.8 Å². The minimum atomic E-state index is -4.50. The first-order chi connectivity index (χ1) is 8.91. The van der Waals surface area contributed by atoms with E-state index in [0.717, 1.165) is 25.5 Å². The monoisotopic (exact) mass is 271 g/mol. The Bertz CT molecular complexity index is 466. The average Bonchev–Trinajstić information content (AvgIpc) is 2.31. The van der Waals surface area contributed by atoms with E-state index >= 15 is 0 Å². The van der Waals surface area contributed by atoms with Crippen LogP contribution in [0, 0.1) is 5.92 Å². The molecule has 2 nitrogen and oxygen atoms in total. The largest absolute Gasteiger partial charge is 0.417 e. The standard InChI is InChI=1S/C14H16F3NO/c1-18(8-10-3-2-4-10)12-6-5-11(9-19)13(7-12)14(15,16)17/h5-7,9-10H,2-4,8H2,1H3. The SMILES string of the molecule is CN(CC1CCC1)c1ccc(C=O)c(C(F)(F)F)c1. The van der Waals surface area contributed by atoms with Gasteiger partial charge in [-0.2, -0.15) is 13.2 Å². The van der Waals surface area contributed by atoms with Crippen molar-refractivity contribution in [3.63, 3.8) is 0 Å². The molecule has 0 atom stereocenters. The average molecular weight is 271 g/mol. The molecule has 19 heavy (non-hydrogen) atoms. The van der Waals surface area contributed by atoms with E-state index < -0.39 is 11.7 Å². The van der Waals surface area contributed by atoms with Crippen molar-refractivity contribution in [2.45, 2.75) is 25.4 Å². The first-order valence-electron chi connectivity index (χ1n) is 6.29. The normalized spacial score (nSPS) is 16.0. The van der Waals surface area contributed by atoms with Crippen LogP contribution in [0.4, 0.5) is 18.9 Å². The Labute approximate surface area is 110 Å². The number of carbonyl (C=O) groups is 1. The molecule has 0 N–H and O–H groups in total. The van der Waals surface area contributed by atoms with Crippen molar-refractivity contribution in [1.29, 1.82) is 0 Å². The Hall–Kier alpha value is -1.52. The van der Waals surface area contributed by atoms with E-state index in [4.69, 9.17) is 0 Å². The fraction of sp³-hybridized carbons (Fsp3) is 0.500. The molecule has 5 heteroatoms. The Kier molecular flexibility index (Phi) is 3.83. The minimum Gasteiger partial charge on any atom is -0.374 e. The third kappa shape index (κ3) is 3.08. The molecule has 0 saturated heterocycles. The first kappa shape index (κ1) is 13.9. The molecule has 0 amide bonds. The molecule has 1 aromatic rings. The van der Waals surface area contributed by atoms with Gasteiger partial charge in [0.15, 0.2) is 6.29 Å². The van der Waals surface area contributed by atoms with Crippen molar-refractivity contribution >= 4 is 12.0 Å². The third-order valence-electron chi connectivity index (χ3n) is 3.67. The number of anilines is 1. The van der Waals surface area contributed by atoms with Crippen LogP contribution < -0.4 is 4.90 Å². The summed E-state index contributed by atoms with van der Waals surface area (Å²) in [6.45, 7) is 0.762. The van der Waals surface area contributed by atoms with E-state index in [1.165, 1.54) is 12.5 Å². The van der Waals surface area contributed by atoms with Crippen molar-refractivity contribution in [1.82, 2.24) is 0 Å². The van der Waals surface area contributed by atoms with Gasteiger partial charge in [-0.1, -0.05) is 6.42 Å². The van der Waals surface area contributed by atoms with Crippen LogP contribution in [0.25, 0.3) is 0 Å². The third-order valence-corrected chi connectivity index (χ3v) is 3.67. The molecule has 0 bridgehead atoms. The van der Waals surface area contributed by atoms with Crippen molar-refractivity contribution in [3.8, 4) is 0 Å². The lowest BCUT2D eigenvalue weighted by Gasteiger charge is -2.31. The second-order valence-electron chi connectivity index (χ2n) is 5.06. The maximum absolute atomic E-state index is 12.8. The van der Waals surface area contributed by atoms with Gasteiger partial charge in [-0.05, 0) is 37.0 Å². The molecule has 2 rings (SSSR count). The van der Waals surface area contributed by atoms with Gasteiger partial charge in [0.25, 0.3) is 0 Å². The van der Waals surface area contributed by atoms with Crippen LogP contribution in [-0.2, 0) is 6.18 Å². The summed E-state index contributed by atoms with van der Waals surface area (Å²) in [5.41, 5.74) is -0.668. The van der Waals surface area contributed by atoms with E-state index in [1.807, 2.05) is 4.90 Å². The highest BCUT2D eigenvalue weighted by molar-refractivity contribution is 5.79. The second-order valence-corrected chi connectivity index (χ2v) is 5.06. The fourth-order valence-electron chi connectivity index (χ4n) is 2.30. The van der Waals surface area contributed by atoms with Gasteiger partial charge >= 0.3 is 6.18 Å². The summed E-state index contributed by atoms with van der Waals surface area (Å²) in [6, 6.07) is 3.86. The molecule has 0 aromatic heterocycles. The number of halogens is 3. The number of benzene rings is 1. The van der Waals surface area contributed by atoms with Gasteiger partial charge in [-0.3, -0.25) is 4.79 Å². The van der Waals surface area contributed by atoms with E-state index in [2.05, 4.69) is 0 Å². The lowest BCUT2D eigenvalue weighted by Crippen LogP contribution is -2.29. The summed E-state index contributed by atoms with van der Waals surface area (Å²) in [4.78, 5) is 12.5. The van der Waals surface area contributed by atoms with Gasteiger partial charge in [0.1, 0.15) is 0 Å². The maximum atomic E-state index is 12.8. The number of carbonyl (C=O) groups excluding carboxylic acids is 1. The van der Waals surface area contributed by atoms with E-state index in [0.29, 0.717) is 11.6 Å². The van der Waals surface area contributed by atoms with Gasteiger partial charge < -0.3 is 4.90 Å². The van der Waals surface area contributed by atoms with Gasteiger partial charge in [0, 0.05) is 24.8 Å². The number of nitrogens with zero attached hydrogens (tertiary/aromatic N) is 1. The predicted molar refractivity (Wildman–Crippen MR) is 67.4 cm³/mol. The van der Waals surface area contributed by atoms with Crippen LogP contribution in [0.3, 0.4) is 0 Å². The minimum absolute atomic E-state index is 0.249.